The lowest BCUT2D eigenvalue weighted by Crippen LogP contribution is -2.13. The van der Waals surface area contributed by atoms with E-state index in [1.807, 2.05) is 0 Å². The molecular formula is C11H10N2O4S. The van der Waals surface area contributed by atoms with Crippen molar-refractivity contribution in [2.75, 3.05) is 4.72 Å². The van der Waals surface area contributed by atoms with Crippen molar-refractivity contribution in [2.45, 2.75) is 11.8 Å². The summed E-state index contributed by atoms with van der Waals surface area (Å²) < 4.78 is 30.8. The second-order valence-corrected chi connectivity index (χ2v) is 5.29. The van der Waals surface area contributed by atoms with Crippen molar-refractivity contribution in [3.63, 3.8) is 0 Å². The van der Waals surface area contributed by atoms with Gasteiger partial charge in [-0.05, 0) is 19.1 Å². The van der Waals surface area contributed by atoms with Gasteiger partial charge >= 0.3 is 0 Å². The van der Waals surface area contributed by atoms with E-state index >= 15 is 0 Å². The lowest BCUT2D eigenvalue weighted by atomic mass is 10.2. The van der Waals surface area contributed by atoms with Crippen molar-refractivity contribution in [1.82, 2.24) is 5.16 Å². The third-order valence-corrected chi connectivity index (χ3v) is 3.61. The maximum absolute atomic E-state index is 12.0. The Kier molecular flexibility index (Phi) is 3.15. The van der Waals surface area contributed by atoms with Crippen LogP contribution in [0.2, 0.25) is 0 Å². The molecule has 0 aliphatic heterocycles. The summed E-state index contributed by atoms with van der Waals surface area (Å²) in [5.41, 5.74) is 0.562. The standard InChI is InChI=1S/C11H10N2O4S/c1-8(14)9-3-2-4-11(5-9)18(15,16)13-10-6-12-17-7-10/h2-7,13H,1H3. The number of hydrogen-bond acceptors (Lipinski definition) is 5. The van der Waals surface area contributed by atoms with Crippen molar-refractivity contribution in [1.29, 1.82) is 0 Å². The predicted molar refractivity (Wildman–Crippen MR) is 63.8 cm³/mol. The molecular weight excluding hydrogens is 256 g/mol. The zero-order valence-electron chi connectivity index (χ0n) is 9.45. The van der Waals surface area contributed by atoms with Crippen LogP contribution < -0.4 is 4.72 Å². The summed E-state index contributed by atoms with van der Waals surface area (Å²) in [6.45, 7) is 1.37. The first-order valence-corrected chi connectivity index (χ1v) is 6.50. The van der Waals surface area contributed by atoms with E-state index in [0.29, 0.717) is 5.56 Å². The second kappa shape index (κ2) is 4.61. The number of nitrogens with one attached hydrogen (secondary N) is 1. The van der Waals surface area contributed by atoms with Gasteiger partial charge in [-0.1, -0.05) is 17.3 Å². The summed E-state index contributed by atoms with van der Waals surface area (Å²) >= 11 is 0. The molecule has 2 rings (SSSR count). The number of rotatable bonds is 4. The van der Waals surface area contributed by atoms with Crippen molar-refractivity contribution in [3.8, 4) is 0 Å². The Labute approximate surface area is 104 Å². The van der Waals surface area contributed by atoms with Gasteiger partial charge in [0.05, 0.1) is 11.1 Å². The molecule has 0 atom stereocenters. The van der Waals surface area contributed by atoms with E-state index in [2.05, 4.69) is 14.4 Å². The lowest BCUT2D eigenvalue weighted by Gasteiger charge is -2.06. The van der Waals surface area contributed by atoms with E-state index in [1.165, 1.54) is 37.6 Å². The number of carbonyl (C=O) groups is 1. The highest BCUT2D eigenvalue weighted by molar-refractivity contribution is 7.92. The zero-order chi connectivity index (χ0) is 13.2. The molecule has 0 aliphatic carbocycles. The predicted octanol–water partition coefficient (Wildman–Crippen LogP) is 1.68. The lowest BCUT2D eigenvalue weighted by molar-refractivity contribution is 0.101. The molecule has 0 aliphatic rings. The van der Waals surface area contributed by atoms with Gasteiger partial charge in [0.2, 0.25) is 0 Å². The van der Waals surface area contributed by atoms with Crippen LogP contribution in [0.3, 0.4) is 0 Å². The van der Waals surface area contributed by atoms with Gasteiger partial charge in [0, 0.05) is 5.56 Å². The maximum atomic E-state index is 12.0. The van der Waals surface area contributed by atoms with Crippen LogP contribution in [0.5, 0.6) is 0 Å². The number of sulfonamides is 1. The minimum atomic E-state index is -3.74. The van der Waals surface area contributed by atoms with E-state index in [4.69, 9.17) is 0 Å². The molecule has 18 heavy (non-hydrogen) atoms. The molecule has 1 aromatic heterocycles. The summed E-state index contributed by atoms with van der Waals surface area (Å²) in [5, 5.41) is 3.39. The van der Waals surface area contributed by atoms with Crippen LogP contribution >= 0.6 is 0 Å². The minimum Gasteiger partial charge on any atom is -0.362 e. The van der Waals surface area contributed by atoms with Crippen LogP contribution in [0.15, 0.2) is 46.1 Å². The Morgan fingerprint density at radius 2 is 2.17 bits per heavy atom. The van der Waals surface area contributed by atoms with Gasteiger partial charge < -0.3 is 4.52 Å². The molecule has 0 fully saturated rings. The van der Waals surface area contributed by atoms with Crippen molar-refractivity contribution in [3.05, 3.63) is 42.3 Å². The van der Waals surface area contributed by atoms with Crippen molar-refractivity contribution in [2.24, 2.45) is 0 Å². The quantitative estimate of drug-likeness (QED) is 0.850. The van der Waals surface area contributed by atoms with Crippen LogP contribution in [0.1, 0.15) is 17.3 Å². The second-order valence-electron chi connectivity index (χ2n) is 3.60. The summed E-state index contributed by atoms with van der Waals surface area (Å²) in [5.74, 6) is -0.197. The molecule has 0 saturated carbocycles. The SMILES string of the molecule is CC(=O)c1cccc(S(=O)(=O)Nc2cnoc2)c1. The van der Waals surface area contributed by atoms with Crippen LogP contribution in [0.4, 0.5) is 5.69 Å². The van der Waals surface area contributed by atoms with E-state index in [9.17, 15) is 13.2 Å². The van der Waals surface area contributed by atoms with Crippen LogP contribution in [0, 0.1) is 0 Å². The molecule has 0 saturated heterocycles. The summed E-state index contributed by atoms with van der Waals surface area (Å²) in [4.78, 5) is 11.2. The topological polar surface area (TPSA) is 89.3 Å². The Morgan fingerprint density at radius 3 is 2.78 bits per heavy atom. The monoisotopic (exact) mass is 266 g/mol. The number of anilines is 1. The molecule has 6 nitrogen and oxygen atoms in total. The van der Waals surface area contributed by atoms with Crippen LogP contribution in [-0.2, 0) is 10.0 Å². The molecule has 94 valence electrons. The van der Waals surface area contributed by atoms with Gasteiger partial charge in [0.15, 0.2) is 5.78 Å². The molecule has 7 heteroatoms. The Morgan fingerprint density at radius 1 is 1.39 bits per heavy atom. The summed E-state index contributed by atoms with van der Waals surface area (Å²) in [6.07, 6.45) is 2.42. The van der Waals surface area contributed by atoms with Gasteiger partial charge in [0.1, 0.15) is 12.0 Å². The number of carbonyl (C=O) groups excluding carboxylic acids is 1. The number of Topliss-reactive ketones (excluding diaryl/α,β-unsaturated/α-hetero) is 1. The molecule has 1 heterocycles. The smallest absolute Gasteiger partial charge is 0.262 e. The van der Waals surface area contributed by atoms with E-state index in [1.54, 1.807) is 6.07 Å². The average molecular weight is 266 g/mol. The van der Waals surface area contributed by atoms with E-state index in [0.717, 1.165) is 0 Å². The Bertz CT molecular complexity index is 662. The minimum absolute atomic E-state index is 0.0106. The molecule has 1 aromatic carbocycles. The highest BCUT2D eigenvalue weighted by Gasteiger charge is 2.16. The molecule has 0 unspecified atom stereocenters. The van der Waals surface area contributed by atoms with Gasteiger partial charge in [-0.25, -0.2) is 8.42 Å². The van der Waals surface area contributed by atoms with Gasteiger partial charge in [-0.3, -0.25) is 9.52 Å². The number of ketones is 1. The Hall–Kier alpha value is -2.15. The van der Waals surface area contributed by atoms with Gasteiger partial charge in [-0.2, -0.15) is 0 Å². The van der Waals surface area contributed by atoms with E-state index < -0.39 is 10.0 Å². The average Bonchev–Trinajstić information content (AvgIpc) is 2.81. The number of hydrogen-bond donors (Lipinski definition) is 1. The zero-order valence-corrected chi connectivity index (χ0v) is 10.3. The van der Waals surface area contributed by atoms with Gasteiger partial charge in [-0.15, -0.1) is 0 Å². The molecule has 0 radical (unpaired) electrons. The Balaban J connectivity index is 2.35. The molecule has 1 N–H and O–H groups in total. The summed E-state index contributed by atoms with van der Waals surface area (Å²) in [6, 6.07) is 5.79. The largest absolute Gasteiger partial charge is 0.362 e. The third kappa shape index (κ3) is 2.57. The highest BCUT2D eigenvalue weighted by atomic mass is 32.2. The molecule has 0 spiro atoms. The van der Waals surface area contributed by atoms with Crippen LogP contribution in [-0.4, -0.2) is 19.4 Å². The number of aromatic nitrogens is 1. The molecule has 0 bridgehead atoms. The number of benzene rings is 1. The van der Waals surface area contributed by atoms with Crippen molar-refractivity contribution < 1.29 is 17.7 Å². The van der Waals surface area contributed by atoms with Gasteiger partial charge in [0.25, 0.3) is 10.0 Å². The first-order chi connectivity index (χ1) is 8.49. The van der Waals surface area contributed by atoms with Crippen molar-refractivity contribution >= 4 is 21.5 Å². The third-order valence-electron chi connectivity index (χ3n) is 2.24. The molecule has 2 aromatic rings. The first kappa shape index (κ1) is 12.3. The van der Waals surface area contributed by atoms with E-state index in [-0.39, 0.29) is 16.4 Å². The number of nitrogens with zero attached hydrogens (tertiary/aromatic N) is 1. The fourth-order valence-corrected chi connectivity index (χ4v) is 2.42. The first-order valence-electron chi connectivity index (χ1n) is 5.02. The highest BCUT2D eigenvalue weighted by Crippen LogP contribution is 2.16. The fourth-order valence-electron chi connectivity index (χ4n) is 1.35. The maximum Gasteiger partial charge on any atom is 0.262 e. The molecule has 0 amide bonds. The summed E-state index contributed by atoms with van der Waals surface area (Å²) in [7, 11) is -3.74. The fraction of sp³-hybridized carbons (Fsp3) is 0.0909. The van der Waals surface area contributed by atoms with Crippen LogP contribution in [0.25, 0.3) is 0 Å². The normalized spacial score (nSPS) is 11.2.